The van der Waals surface area contributed by atoms with Crippen molar-refractivity contribution in [1.82, 2.24) is 10.2 Å². The smallest absolute Gasteiger partial charge is 0.238 e. The quantitative estimate of drug-likeness (QED) is 0.869. The van der Waals surface area contributed by atoms with Crippen molar-refractivity contribution in [3.8, 4) is 0 Å². The Bertz CT molecular complexity index is 464. The molecule has 1 aromatic carbocycles. The van der Waals surface area contributed by atoms with Crippen molar-refractivity contribution in [2.45, 2.75) is 0 Å². The molecule has 0 aliphatic carbocycles. The molecule has 0 radical (unpaired) electrons. The van der Waals surface area contributed by atoms with Crippen LogP contribution < -0.4 is 10.6 Å². The zero-order valence-electron chi connectivity index (χ0n) is 9.78. The number of carbonyl (C=O) groups excluding carboxylic acids is 2. The molecule has 0 unspecified atom stereocenters. The predicted octanol–water partition coefficient (Wildman–Crippen LogP) is 0.819. The van der Waals surface area contributed by atoms with Gasteiger partial charge in [-0.05, 0) is 18.2 Å². The molecular weight excluding hydrogens is 298 g/mol. The predicted molar refractivity (Wildman–Crippen MR) is 72.2 cm³/mol. The molecule has 1 aromatic rings. The molecule has 6 heteroatoms. The van der Waals surface area contributed by atoms with Gasteiger partial charge in [0, 0.05) is 23.2 Å². The van der Waals surface area contributed by atoms with Gasteiger partial charge in [-0.15, -0.1) is 0 Å². The van der Waals surface area contributed by atoms with Crippen LogP contribution in [0.15, 0.2) is 28.7 Å². The van der Waals surface area contributed by atoms with Crippen LogP contribution in [-0.4, -0.2) is 42.9 Å². The molecule has 1 heterocycles. The fraction of sp³-hybridized carbons (Fsp3) is 0.333. The van der Waals surface area contributed by atoms with Crippen molar-refractivity contribution in [1.29, 1.82) is 0 Å². The molecule has 1 saturated heterocycles. The number of benzene rings is 1. The standard InChI is InChI=1S/C12H14BrN3O2/c13-9-2-1-3-10(6-9)15-12(18)8-16-5-4-14-11(17)7-16/h1-3,6H,4-5,7-8H2,(H,14,17)(H,15,18). The van der Waals surface area contributed by atoms with Gasteiger partial charge < -0.3 is 10.6 Å². The van der Waals surface area contributed by atoms with Crippen LogP contribution >= 0.6 is 15.9 Å². The van der Waals surface area contributed by atoms with E-state index in [0.717, 1.165) is 10.2 Å². The summed E-state index contributed by atoms with van der Waals surface area (Å²) in [6.07, 6.45) is 0. The Balaban J connectivity index is 1.86. The summed E-state index contributed by atoms with van der Waals surface area (Å²) in [7, 11) is 0. The topological polar surface area (TPSA) is 61.4 Å². The largest absolute Gasteiger partial charge is 0.354 e. The third-order valence-electron chi connectivity index (χ3n) is 2.59. The van der Waals surface area contributed by atoms with Crippen molar-refractivity contribution in [2.24, 2.45) is 0 Å². The fourth-order valence-electron chi connectivity index (χ4n) is 1.80. The maximum Gasteiger partial charge on any atom is 0.238 e. The molecule has 0 saturated carbocycles. The van der Waals surface area contributed by atoms with Gasteiger partial charge in [0.05, 0.1) is 13.1 Å². The summed E-state index contributed by atoms with van der Waals surface area (Å²) in [4.78, 5) is 24.8. The van der Waals surface area contributed by atoms with Gasteiger partial charge in [0.15, 0.2) is 0 Å². The lowest BCUT2D eigenvalue weighted by molar-refractivity contribution is -0.125. The number of halogens is 1. The Labute approximate surface area is 114 Å². The first-order valence-corrected chi connectivity index (χ1v) is 6.47. The molecule has 0 aromatic heterocycles. The van der Waals surface area contributed by atoms with Gasteiger partial charge in [-0.25, -0.2) is 0 Å². The van der Waals surface area contributed by atoms with E-state index in [1.807, 2.05) is 29.2 Å². The molecular formula is C12H14BrN3O2. The van der Waals surface area contributed by atoms with Crippen molar-refractivity contribution in [2.75, 3.05) is 31.5 Å². The third kappa shape index (κ3) is 3.82. The van der Waals surface area contributed by atoms with Crippen molar-refractivity contribution in [3.05, 3.63) is 28.7 Å². The van der Waals surface area contributed by atoms with Crippen LogP contribution in [0.3, 0.4) is 0 Å². The van der Waals surface area contributed by atoms with E-state index in [-0.39, 0.29) is 24.9 Å². The van der Waals surface area contributed by atoms with E-state index in [0.29, 0.717) is 13.1 Å². The summed E-state index contributed by atoms with van der Waals surface area (Å²) in [6.45, 7) is 1.83. The Hall–Kier alpha value is -1.40. The molecule has 0 atom stereocenters. The van der Waals surface area contributed by atoms with Crippen LogP contribution in [0.25, 0.3) is 0 Å². The minimum atomic E-state index is -0.109. The van der Waals surface area contributed by atoms with E-state index in [9.17, 15) is 9.59 Å². The van der Waals surface area contributed by atoms with Crippen LogP contribution in [-0.2, 0) is 9.59 Å². The molecule has 5 nitrogen and oxygen atoms in total. The molecule has 0 spiro atoms. The van der Waals surface area contributed by atoms with Crippen LogP contribution in [0.2, 0.25) is 0 Å². The molecule has 2 rings (SSSR count). The zero-order valence-corrected chi connectivity index (χ0v) is 11.4. The molecule has 0 bridgehead atoms. The summed E-state index contributed by atoms with van der Waals surface area (Å²) < 4.78 is 0.914. The lowest BCUT2D eigenvalue weighted by Crippen LogP contribution is -2.49. The van der Waals surface area contributed by atoms with E-state index in [1.54, 1.807) is 0 Å². The first-order chi connectivity index (χ1) is 8.63. The van der Waals surface area contributed by atoms with E-state index < -0.39 is 0 Å². The number of piperazine rings is 1. The molecule has 18 heavy (non-hydrogen) atoms. The first kappa shape index (κ1) is 13.0. The Morgan fingerprint density at radius 3 is 3.06 bits per heavy atom. The Kier molecular flexibility index (Phi) is 4.33. The lowest BCUT2D eigenvalue weighted by atomic mass is 10.3. The number of rotatable bonds is 3. The van der Waals surface area contributed by atoms with E-state index in [2.05, 4.69) is 26.6 Å². The number of anilines is 1. The van der Waals surface area contributed by atoms with Crippen LogP contribution in [0.5, 0.6) is 0 Å². The number of hydrogen-bond acceptors (Lipinski definition) is 3. The van der Waals surface area contributed by atoms with Gasteiger partial charge in [-0.1, -0.05) is 22.0 Å². The first-order valence-electron chi connectivity index (χ1n) is 5.68. The monoisotopic (exact) mass is 311 g/mol. The number of nitrogens with one attached hydrogen (secondary N) is 2. The number of carbonyl (C=O) groups is 2. The summed E-state index contributed by atoms with van der Waals surface area (Å²) >= 11 is 3.34. The fourth-order valence-corrected chi connectivity index (χ4v) is 2.20. The molecule has 2 amide bonds. The van der Waals surface area contributed by atoms with Crippen LogP contribution in [0.4, 0.5) is 5.69 Å². The Morgan fingerprint density at radius 1 is 1.50 bits per heavy atom. The highest BCUT2D eigenvalue weighted by Crippen LogP contribution is 2.15. The second-order valence-electron chi connectivity index (χ2n) is 4.12. The SMILES string of the molecule is O=C1CN(CC(=O)Nc2cccc(Br)c2)CCN1. The van der Waals surface area contributed by atoms with Gasteiger partial charge in [-0.3, -0.25) is 14.5 Å². The van der Waals surface area contributed by atoms with Gasteiger partial charge >= 0.3 is 0 Å². The third-order valence-corrected chi connectivity index (χ3v) is 3.09. The number of amides is 2. The molecule has 1 fully saturated rings. The van der Waals surface area contributed by atoms with Gasteiger partial charge in [0.1, 0.15) is 0 Å². The van der Waals surface area contributed by atoms with Gasteiger partial charge in [-0.2, -0.15) is 0 Å². The second-order valence-corrected chi connectivity index (χ2v) is 5.03. The maximum atomic E-state index is 11.8. The summed E-state index contributed by atoms with van der Waals surface area (Å²) in [5, 5.41) is 5.53. The maximum absolute atomic E-state index is 11.8. The number of hydrogen-bond donors (Lipinski definition) is 2. The van der Waals surface area contributed by atoms with E-state index in [4.69, 9.17) is 0 Å². The second kappa shape index (κ2) is 5.97. The molecule has 1 aliphatic heterocycles. The normalized spacial score (nSPS) is 16.2. The van der Waals surface area contributed by atoms with Crippen molar-refractivity contribution >= 4 is 33.4 Å². The zero-order chi connectivity index (χ0) is 13.0. The average molecular weight is 312 g/mol. The highest BCUT2D eigenvalue weighted by atomic mass is 79.9. The summed E-state index contributed by atoms with van der Waals surface area (Å²) in [6, 6.07) is 7.41. The van der Waals surface area contributed by atoms with Crippen molar-refractivity contribution < 1.29 is 9.59 Å². The summed E-state index contributed by atoms with van der Waals surface area (Å²) in [5.74, 6) is -0.140. The van der Waals surface area contributed by atoms with Crippen LogP contribution in [0.1, 0.15) is 0 Å². The van der Waals surface area contributed by atoms with E-state index in [1.165, 1.54) is 0 Å². The molecule has 96 valence electrons. The lowest BCUT2D eigenvalue weighted by Gasteiger charge is -2.25. The van der Waals surface area contributed by atoms with E-state index >= 15 is 0 Å². The average Bonchev–Trinajstić information content (AvgIpc) is 2.28. The number of nitrogens with zero attached hydrogens (tertiary/aromatic N) is 1. The summed E-state index contributed by atoms with van der Waals surface area (Å²) in [5.41, 5.74) is 0.746. The minimum Gasteiger partial charge on any atom is -0.354 e. The van der Waals surface area contributed by atoms with Crippen LogP contribution in [0, 0.1) is 0 Å². The van der Waals surface area contributed by atoms with Crippen molar-refractivity contribution in [3.63, 3.8) is 0 Å². The minimum absolute atomic E-state index is 0.0310. The highest BCUT2D eigenvalue weighted by Gasteiger charge is 2.18. The van der Waals surface area contributed by atoms with Gasteiger partial charge in [0.25, 0.3) is 0 Å². The molecule has 1 aliphatic rings. The Morgan fingerprint density at radius 2 is 2.33 bits per heavy atom. The molecule has 2 N–H and O–H groups in total. The highest BCUT2D eigenvalue weighted by molar-refractivity contribution is 9.10. The van der Waals surface area contributed by atoms with Gasteiger partial charge in [0.2, 0.25) is 11.8 Å².